The van der Waals surface area contributed by atoms with Gasteiger partial charge in [-0.1, -0.05) is 42.5 Å². The van der Waals surface area contributed by atoms with Gasteiger partial charge in [0.15, 0.2) is 0 Å². The molecular formula is C20H19NO2. The molecule has 0 saturated heterocycles. The van der Waals surface area contributed by atoms with Crippen molar-refractivity contribution in [2.24, 2.45) is 0 Å². The van der Waals surface area contributed by atoms with Crippen LogP contribution in [0, 0.1) is 0 Å². The van der Waals surface area contributed by atoms with Crippen molar-refractivity contribution in [3.8, 4) is 33.8 Å². The number of anilines is 1. The second-order valence-electron chi connectivity index (χ2n) is 5.23. The molecule has 0 aliphatic carbocycles. The summed E-state index contributed by atoms with van der Waals surface area (Å²) in [5.74, 6) is 1.63. The van der Waals surface area contributed by atoms with E-state index in [0.717, 1.165) is 39.4 Å². The molecule has 0 aromatic heterocycles. The number of hydrogen-bond acceptors (Lipinski definition) is 3. The Bertz CT molecular complexity index is 762. The number of methoxy groups -OCH3 is 2. The van der Waals surface area contributed by atoms with Crippen LogP contribution >= 0.6 is 0 Å². The van der Waals surface area contributed by atoms with E-state index in [-0.39, 0.29) is 0 Å². The molecule has 0 unspecified atom stereocenters. The molecule has 3 aromatic carbocycles. The lowest BCUT2D eigenvalue weighted by atomic mass is 9.96. The third-order valence-corrected chi connectivity index (χ3v) is 3.87. The van der Waals surface area contributed by atoms with Gasteiger partial charge in [0.1, 0.15) is 11.5 Å². The highest BCUT2D eigenvalue weighted by Crippen LogP contribution is 2.36. The normalized spacial score (nSPS) is 10.3. The van der Waals surface area contributed by atoms with E-state index in [9.17, 15) is 0 Å². The molecule has 3 rings (SSSR count). The largest absolute Gasteiger partial charge is 0.497 e. The molecular weight excluding hydrogens is 286 g/mol. The van der Waals surface area contributed by atoms with Crippen LogP contribution in [-0.4, -0.2) is 14.2 Å². The van der Waals surface area contributed by atoms with Gasteiger partial charge in [0, 0.05) is 16.8 Å². The highest BCUT2D eigenvalue weighted by Gasteiger charge is 2.10. The average molecular weight is 305 g/mol. The molecule has 0 fully saturated rings. The fourth-order valence-electron chi connectivity index (χ4n) is 2.65. The average Bonchev–Trinajstić information content (AvgIpc) is 2.62. The van der Waals surface area contributed by atoms with E-state index in [2.05, 4.69) is 0 Å². The first-order valence-corrected chi connectivity index (χ1v) is 7.40. The molecule has 0 bridgehead atoms. The Morgan fingerprint density at radius 2 is 1.09 bits per heavy atom. The monoisotopic (exact) mass is 305 g/mol. The number of nitrogens with two attached hydrogens (primary N) is 1. The Morgan fingerprint density at radius 1 is 0.652 bits per heavy atom. The molecule has 3 heteroatoms. The highest BCUT2D eigenvalue weighted by atomic mass is 16.5. The Labute approximate surface area is 136 Å². The zero-order valence-electron chi connectivity index (χ0n) is 13.2. The van der Waals surface area contributed by atoms with Gasteiger partial charge in [-0.05, 0) is 35.4 Å². The van der Waals surface area contributed by atoms with Crippen LogP contribution in [-0.2, 0) is 0 Å². The maximum absolute atomic E-state index is 6.45. The van der Waals surface area contributed by atoms with Gasteiger partial charge < -0.3 is 15.2 Å². The predicted molar refractivity (Wildman–Crippen MR) is 94.8 cm³/mol. The summed E-state index contributed by atoms with van der Waals surface area (Å²) >= 11 is 0. The van der Waals surface area contributed by atoms with E-state index in [1.807, 2.05) is 66.7 Å². The number of benzene rings is 3. The van der Waals surface area contributed by atoms with Gasteiger partial charge in [0.05, 0.1) is 14.2 Å². The summed E-state index contributed by atoms with van der Waals surface area (Å²) in [4.78, 5) is 0. The predicted octanol–water partition coefficient (Wildman–Crippen LogP) is 4.62. The fraction of sp³-hybridized carbons (Fsp3) is 0.100. The molecule has 3 aromatic rings. The van der Waals surface area contributed by atoms with Crippen LogP contribution < -0.4 is 15.2 Å². The van der Waals surface area contributed by atoms with E-state index in [1.54, 1.807) is 14.2 Å². The van der Waals surface area contributed by atoms with Crippen LogP contribution in [0.4, 0.5) is 5.69 Å². The molecule has 23 heavy (non-hydrogen) atoms. The summed E-state index contributed by atoms with van der Waals surface area (Å²) in [7, 11) is 3.32. The first kappa shape index (κ1) is 15.0. The van der Waals surface area contributed by atoms with E-state index in [0.29, 0.717) is 0 Å². The summed E-state index contributed by atoms with van der Waals surface area (Å²) in [6.45, 7) is 0. The van der Waals surface area contributed by atoms with E-state index in [1.165, 1.54) is 0 Å². The second kappa shape index (κ2) is 6.44. The van der Waals surface area contributed by atoms with Crippen LogP contribution in [0.3, 0.4) is 0 Å². The van der Waals surface area contributed by atoms with Crippen molar-refractivity contribution in [2.75, 3.05) is 20.0 Å². The Hall–Kier alpha value is -2.94. The minimum Gasteiger partial charge on any atom is -0.497 e. The highest BCUT2D eigenvalue weighted by molar-refractivity contribution is 5.89. The number of ether oxygens (including phenoxy) is 2. The van der Waals surface area contributed by atoms with Crippen LogP contribution in [0.2, 0.25) is 0 Å². The molecule has 0 amide bonds. The van der Waals surface area contributed by atoms with Gasteiger partial charge in [-0.3, -0.25) is 0 Å². The topological polar surface area (TPSA) is 44.5 Å². The number of para-hydroxylation sites is 1. The zero-order valence-corrected chi connectivity index (χ0v) is 13.2. The molecule has 2 N–H and O–H groups in total. The SMILES string of the molecule is COc1cccc(-c2cccc(-c3cccc(OC)c3)c2N)c1. The minimum atomic E-state index is 0.744. The molecule has 116 valence electrons. The molecule has 0 radical (unpaired) electrons. The molecule has 0 atom stereocenters. The smallest absolute Gasteiger partial charge is 0.119 e. The Balaban J connectivity index is 2.11. The molecule has 0 aliphatic heterocycles. The van der Waals surface area contributed by atoms with E-state index < -0.39 is 0 Å². The maximum atomic E-state index is 6.45. The summed E-state index contributed by atoms with van der Waals surface area (Å²) in [5, 5.41) is 0. The fourth-order valence-corrected chi connectivity index (χ4v) is 2.65. The van der Waals surface area contributed by atoms with Crippen LogP contribution in [0.5, 0.6) is 11.5 Å². The standard InChI is InChI=1S/C20H19NO2/c1-22-16-8-3-6-14(12-16)18-10-5-11-19(20(18)21)15-7-4-9-17(13-15)23-2/h3-13H,21H2,1-2H3. The molecule has 0 saturated carbocycles. The van der Waals surface area contributed by atoms with Gasteiger partial charge in [-0.15, -0.1) is 0 Å². The first-order valence-electron chi connectivity index (χ1n) is 7.40. The van der Waals surface area contributed by atoms with Gasteiger partial charge in [0.2, 0.25) is 0 Å². The molecule has 3 nitrogen and oxygen atoms in total. The van der Waals surface area contributed by atoms with Crippen molar-refractivity contribution in [1.29, 1.82) is 0 Å². The van der Waals surface area contributed by atoms with Crippen molar-refractivity contribution in [1.82, 2.24) is 0 Å². The number of nitrogen functional groups attached to an aromatic ring is 1. The third kappa shape index (κ3) is 2.99. The zero-order chi connectivity index (χ0) is 16.2. The lowest BCUT2D eigenvalue weighted by Gasteiger charge is -2.13. The lowest BCUT2D eigenvalue weighted by Crippen LogP contribution is -1.95. The Morgan fingerprint density at radius 3 is 1.52 bits per heavy atom. The van der Waals surface area contributed by atoms with Gasteiger partial charge >= 0.3 is 0 Å². The van der Waals surface area contributed by atoms with Crippen LogP contribution in [0.15, 0.2) is 66.7 Å². The van der Waals surface area contributed by atoms with Crippen molar-refractivity contribution in [2.45, 2.75) is 0 Å². The van der Waals surface area contributed by atoms with Crippen molar-refractivity contribution >= 4 is 5.69 Å². The molecule has 0 aliphatic rings. The summed E-state index contributed by atoms with van der Waals surface area (Å²) in [5.41, 5.74) is 11.2. The summed E-state index contributed by atoms with van der Waals surface area (Å²) in [6.07, 6.45) is 0. The minimum absolute atomic E-state index is 0.744. The quantitative estimate of drug-likeness (QED) is 0.715. The molecule has 0 spiro atoms. The molecule has 0 heterocycles. The summed E-state index contributed by atoms with van der Waals surface area (Å²) in [6, 6.07) is 21.9. The number of rotatable bonds is 4. The van der Waals surface area contributed by atoms with E-state index in [4.69, 9.17) is 15.2 Å². The van der Waals surface area contributed by atoms with Gasteiger partial charge in [-0.25, -0.2) is 0 Å². The van der Waals surface area contributed by atoms with Crippen LogP contribution in [0.1, 0.15) is 0 Å². The van der Waals surface area contributed by atoms with Gasteiger partial charge in [-0.2, -0.15) is 0 Å². The van der Waals surface area contributed by atoms with Crippen LogP contribution in [0.25, 0.3) is 22.3 Å². The maximum Gasteiger partial charge on any atom is 0.119 e. The third-order valence-electron chi connectivity index (χ3n) is 3.87. The Kier molecular flexibility index (Phi) is 4.20. The van der Waals surface area contributed by atoms with Crippen molar-refractivity contribution in [3.05, 3.63) is 66.7 Å². The van der Waals surface area contributed by atoms with Crippen molar-refractivity contribution in [3.63, 3.8) is 0 Å². The first-order chi connectivity index (χ1) is 11.2. The lowest BCUT2D eigenvalue weighted by molar-refractivity contribution is 0.415. The summed E-state index contributed by atoms with van der Waals surface area (Å²) < 4.78 is 10.6. The van der Waals surface area contributed by atoms with Gasteiger partial charge in [0.25, 0.3) is 0 Å². The number of hydrogen-bond donors (Lipinski definition) is 1. The van der Waals surface area contributed by atoms with E-state index >= 15 is 0 Å². The van der Waals surface area contributed by atoms with Crippen molar-refractivity contribution < 1.29 is 9.47 Å². The second-order valence-corrected chi connectivity index (χ2v) is 5.23.